The van der Waals surface area contributed by atoms with Gasteiger partial charge in [0.05, 0.1) is 0 Å². The van der Waals surface area contributed by atoms with Crippen molar-refractivity contribution >= 4 is 0 Å². The maximum atomic E-state index is 5.19. The molecular weight excluding hydrogens is 134 g/mol. The molecule has 0 aliphatic carbocycles. The minimum absolute atomic E-state index is 0.833. The highest BCUT2D eigenvalue weighted by molar-refractivity contribution is 5.29. The fourth-order valence-electron chi connectivity index (χ4n) is 1.27. The summed E-state index contributed by atoms with van der Waals surface area (Å²) < 4.78 is 0. The number of hydrogen-bond donors (Lipinski definition) is 1. The summed E-state index contributed by atoms with van der Waals surface area (Å²) >= 11 is 0. The van der Waals surface area contributed by atoms with Crippen molar-refractivity contribution < 1.29 is 0 Å². The lowest BCUT2D eigenvalue weighted by molar-refractivity contribution is 0.999. The highest BCUT2D eigenvalue weighted by atomic mass is 14.7. The van der Waals surface area contributed by atoms with E-state index in [2.05, 4.69) is 24.8 Å². The summed E-state index contributed by atoms with van der Waals surface area (Å²) in [6.07, 6.45) is 9.04. The molecule has 0 bridgehead atoms. The van der Waals surface area contributed by atoms with Crippen molar-refractivity contribution in [3.8, 4) is 12.3 Å². The summed E-state index contributed by atoms with van der Waals surface area (Å²) in [5.41, 5.74) is 3.94. The zero-order valence-corrected chi connectivity index (χ0v) is 7.07. The van der Waals surface area contributed by atoms with Gasteiger partial charge in [0.25, 0.3) is 0 Å². The van der Waals surface area contributed by atoms with Gasteiger partial charge >= 0.3 is 0 Å². The normalized spacial score (nSPS) is 9.55. The van der Waals surface area contributed by atoms with Crippen molar-refractivity contribution in [2.45, 2.75) is 26.7 Å². The first kappa shape index (κ1) is 7.94. The molecule has 0 saturated carbocycles. The Hall–Kier alpha value is -1.16. The van der Waals surface area contributed by atoms with Crippen LogP contribution in [0.3, 0.4) is 0 Å². The molecule has 1 heteroatoms. The van der Waals surface area contributed by atoms with Crippen LogP contribution in [0.5, 0.6) is 0 Å². The fourth-order valence-corrected chi connectivity index (χ4v) is 1.27. The van der Waals surface area contributed by atoms with E-state index in [1.54, 1.807) is 0 Å². The van der Waals surface area contributed by atoms with E-state index in [4.69, 9.17) is 6.42 Å². The lowest BCUT2D eigenvalue weighted by atomic mass is 10.1. The first-order valence-corrected chi connectivity index (χ1v) is 3.82. The van der Waals surface area contributed by atoms with Crippen LogP contribution in [-0.4, -0.2) is 4.98 Å². The first-order valence-electron chi connectivity index (χ1n) is 3.82. The Morgan fingerprint density at radius 2 is 2.27 bits per heavy atom. The van der Waals surface area contributed by atoms with Gasteiger partial charge in [-0.3, -0.25) is 0 Å². The maximum absolute atomic E-state index is 5.19. The number of H-pyrrole nitrogens is 1. The number of aromatic nitrogens is 1. The predicted molar refractivity (Wildman–Crippen MR) is 47.4 cm³/mol. The molecule has 58 valence electrons. The van der Waals surface area contributed by atoms with E-state index in [1.807, 2.05) is 6.20 Å². The summed E-state index contributed by atoms with van der Waals surface area (Å²) in [5, 5.41) is 0. The number of hydrogen-bond acceptors (Lipinski definition) is 0. The van der Waals surface area contributed by atoms with E-state index >= 15 is 0 Å². The molecule has 11 heavy (non-hydrogen) atoms. The lowest BCUT2D eigenvalue weighted by Crippen LogP contribution is -1.86. The van der Waals surface area contributed by atoms with E-state index in [1.165, 1.54) is 16.8 Å². The van der Waals surface area contributed by atoms with Gasteiger partial charge in [-0.05, 0) is 31.4 Å². The van der Waals surface area contributed by atoms with Crippen LogP contribution in [0.25, 0.3) is 0 Å². The Morgan fingerprint density at radius 3 is 2.73 bits per heavy atom. The molecule has 1 nitrogen and oxygen atoms in total. The second kappa shape index (κ2) is 3.30. The molecule has 1 aromatic rings. The second-order valence-electron chi connectivity index (χ2n) is 2.78. The van der Waals surface area contributed by atoms with E-state index in [9.17, 15) is 0 Å². The zero-order valence-electron chi connectivity index (χ0n) is 7.07. The molecule has 0 unspecified atom stereocenters. The van der Waals surface area contributed by atoms with E-state index in [0.29, 0.717) is 0 Å². The van der Waals surface area contributed by atoms with Crippen LogP contribution in [0.1, 0.15) is 23.2 Å². The van der Waals surface area contributed by atoms with Crippen molar-refractivity contribution in [1.82, 2.24) is 4.98 Å². The summed E-state index contributed by atoms with van der Waals surface area (Å²) in [7, 11) is 0. The van der Waals surface area contributed by atoms with Gasteiger partial charge in [0, 0.05) is 18.3 Å². The first-order chi connectivity index (χ1) is 5.25. The van der Waals surface area contributed by atoms with Crippen molar-refractivity contribution in [3.63, 3.8) is 0 Å². The lowest BCUT2D eigenvalue weighted by Gasteiger charge is -1.97. The third-order valence-electron chi connectivity index (χ3n) is 1.95. The van der Waals surface area contributed by atoms with Gasteiger partial charge in [0.15, 0.2) is 0 Å². The molecule has 0 aromatic carbocycles. The third kappa shape index (κ3) is 1.65. The number of rotatable bonds is 2. The van der Waals surface area contributed by atoms with Gasteiger partial charge < -0.3 is 4.98 Å². The Morgan fingerprint density at radius 1 is 1.55 bits per heavy atom. The SMILES string of the molecule is C#CCCc1c(C)c[nH]c1C. The van der Waals surface area contributed by atoms with Gasteiger partial charge in [0.1, 0.15) is 0 Å². The standard InChI is InChI=1S/C10H13N/c1-4-5-6-10-8(2)7-11-9(10)3/h1,7,11H,5-6H2,2-3H3. The van der Waals surface area contributed by atoms with Crippen molar-refractivity contribution in [2.75, 3.05) is 0 Å². The molecule has 1 rings (SSSR count). The van der Waals surface area contributed by atoms with Crippen LogP contribution < -0.4 is 0 Å². The topological polar surface area (TPSA) is 15.8 Å². The Labute approximate surface area is 67.8 Å². The van der Waals surface area contributed by atoms with Gasteiger partial charge in [-0.2, -0.15) is 0 Å². The Bertz CT molecular complexity index is 256. The molecule has 1 heterocycles. The Balaban J connectivity index is 2.77. The largest absolute Gasteiger partial charge is 0.365 e. The molecule has 0 atom stereocenters. The monoisotopic (exact) mass is 147 g/mol. The quantitative estimate of drug-likeness (QED) is 0.617. The van der Waals surface area contributed by atoms with Crippen molar-refractivity contribution in [2.24, 2.45) is 0 Å². The minimum Gasteiger partial charge on any atom is -0.365 e. The molecule has 1 N–H and O–H groups in total. The van der Waals surface area contributed by atoms with Crippen molar-refractivity contribution in [1.29, 1.82) is 0 Å². The van der Waals surface area contributed by atoms with E-state index in [-0.39, 0.29) is 0 Å². The second-order valence-corrected chi connectivity index (χ2v) is 2.78. The van der Waals surface area contributed by atoms with E-state index in [0.717, 1.165) is 12.8 Å². The van der Waals surface area contributed by atoms with Crippen LogP contribution in [0.15, 0.2) is 6.20 Å². The average Bonchev–Trinajstić information content (AvgIpc) is 2.29. The number of nitrogens with one attached hydrogen (secondary N) is 1. The minimum atomic E-state index is 0.833. The molecule has 0 amide bonds. The number of aryl methyl sites for hydroxylation is 2. The highest BCUT2D eigenvalue weighted by Crippen LogP contribution is 2.13. The molecule has 0 radical (unpaired) electrons. The molecular formula is C10H13N. The number of terminal acetylenes is 1. The van der Waals surface area contributed by atoms with Gasteiger partial charge in [0.2, 0.25) is 0 Å². The zero-order chi connectivity index (χ0) is 8.27. The fraction of sp³-hybridized carbons (Fsp3) is 0.400. The van der Waals surface area contributed by atoms with Crippen LogP contribution in [0.2, 0.25) is 0 Å². The maximum Gasteiger partial charge on any atom is 0.0151 e. The Kier molecular flexibility index (Phi) is 2.38. The predicted octanol–water partition coefficient (Wildman–Crippen LogP) is 2.20. The van der Waals surface area contributed by atoms with Gasteiger partial charge in [-0.15, -0.1) is 12.3 Å². The van der Waals surface area contributed by atoms with Gasteiger partial charge in [-0.1, -0.05) is 0 Å². The summed E-state index contributed by atoms with van der Waals surface area (Å²) in [6, 6.07) is 0. The molecule has 0 aliphatic heterocycles. The van der Waals surface area contributed by atoms with Gasteiger partial charge in [-0.25, -0.2) is 0 Å². The summed E-state index contributed by atoms with van der Waals surface area (Å²) in [5.74, 6) is 2.65. The number of aromatic amines is 1. The highest BCUT2D eigenvalue weighted by Gasteiger charge is 2.01. The van der Waals surface area contributed by atoms with E-state index < -0.39 is 0 Å². The molecule has 0 aliphatic rings. The third-order valence-corrected chi connectivity index (χ3v) is 1.95. The van der Waals surface area contributed by atoms with Crippen LogP contribution in [0.4, 0.5) is 0 Å². The van der Waals surface area contributed by atoms with Crippen LogP contribution >= 0.6 is 0 Å². The van der Waals surface area contributed by atoms with Crippen molar-refractivity contribution in [3.05, 3.63) is 23.0 Å². The summed E-state index contributed by atoms with van der Waals surface area (Å²) in [6.45, 7) is 4.19. The van der Waals surface area contributed by atoms with Crippen LogP contribution in [0, 0.1) is 26.2 Å². The average molecular weight is 147 g/mol. The molecule has 1 aromatic heterocycles. The molecule has 0 saturated heterocycles. The summed E-state index contributed by atoms with van der Waals surface area (Å²) in [4.78, 5) is 3.18. The molecule has 0 fully saturated rings. The smallest absolute Gasteiger partial charge is 0.0151 e. The molecule has 0 spiro atoms. The van der Waals surface area contributed by atoms with Crippen LogP contribution in [-0.2, 0) is 6.42 Å².